The van der Waals surface area contributed by atoms with E-state index in [0.717, 1.165) is 35.4 Å². The highest BCUT2D eigenvalue weighted by Gasteiger charge is 2.07. The van der Waals surface area contributed by atoms with Crippen LogP contribution >= 0.6 is 23.2 Å². The number of para-hydroxylation sites is 1. The number of aryl methyl sites for hydroxylation is 1. The maximum Gasteiger partial charge on any atom is 0.241 e. The van der Waals surface area contributed by atoms with Gasteiger partial charge in [-0.25, -0.2) is 10.1 Å². The van der Waals surface area contributed by atoms with E-state index >= 15 is 0 Å². The lowest BCUT2D eigenvalue weighted by Crippen LogP contribution is -2.27. The molecule has 0 aliphatic carbocycles. The van der Waals surface area contributed by atoms with Gasteiger partial charge in [-0.05, 0) is 29.8 Å². The van der Waals surface area contributed by atoms with E-state index in [1.807, 2.05) is 48.5 Å². The number of fused-ring (bicyclic) bond motifs is 1. The van der Waals surface area contributed by atoms with Gasteiger partial charge in [0.1, 0.15) is 5.52 Å². The molecule has 2 aromatic carbocycles. The van der Waals surface area contributed by atoms with Crippen molar-refractivity contribution in [3.63, 3.8) is 0 Å². The molecule has 0 unspecified atom stereocenters. The minimum atomic E-state index is -0.187. The molecule has 0 atom stereocenters. The molecule has 0 aliphatic rings. The van der Waals surface area contributed by atoms with Crippen LogP contribution in [0.1, 0.15) is 12.0 Å². The number of halogens is 2. The van der Waals surface area contributed by atoms with Crippen LogP contribution in [0.2, 0.25) is 0 Å². The van der Waals surface area contributed by atoms with E-state index < -0.39 is 0 Å². The highest BCUT2D eigenvalue weighted by Crippen LogP contribution is 2.15. The van der Waals surface area contributed by atoms with Crippen LogP contribution < -0.4 is 10.3 Å². The summed E-state index contributed by atoms with van der Waals surface area (Å²) in [6.45, 7) is 1.91. The van der Waals surface area contributed by atoms with Crippen molar-refractivity contribution in [3.8, 4) is 0 Å². The number of amides is 1. The van der Waals surface area contributed by atoms with E-state index in [0.29, 0.717) is 18.3 Å². The molecule has 9 heteroatoms. The van der Waals surface area contributed by atoms with Gasteiger partial charge in [0, 0.05) is 37.0 Å². The number of carbonyl (C=O) groups is 1. The summed E-state index contributed by atoms with van der Waals surface area (Å²) in [6, 6.07) is 15.5. The number of aromatic nitrogens is 3. The molecule has 0 saturated carbocycles. The summed E-state index contributed by atoms with van der Waals surface area (Å²) >= 11 is 11.7. The normalized spacial score (nSPS) is 11.2. The molecule has 0 spiro atoms. The van der Waals surface area contributed by atoms with E-state index in [4.69, 9.17) is 23.2 Å². The fourth-order valence-electron chi connectivity index (χ4n) is 2.87. The number of nitrogens with one attached hydrogen (secondary N) is 1. The van der Waals surface area contributed by atoms with Gasteiger partial charge in [-0.1, -0.05) is 29.5 Å². The number of anilines is 1. The first-order valence-corrected chi connectivity index (χ1v) is 10.3. The van der Waals surface area contributed by atoms with Gasteiger partial charge in [0.25, 0.3) is 0 Å². The molecular formula is C20H22Cl2N6O. The van der Waals surface area contributed by atoms with Gasteiger partial charge in [-0.3, -0.25) is 4.79 Å². The van der Waals surface area contributed by atoms with Crippen molar-refractivity contribution < 1.29 is 4.79 Å². The Hall–Kier alpha value is -2.64. The molecule has 0 radical (unpaired) electrons. The van der Waals surface area contributed by atoms with E-state index in [-0.39, 0.29) is 12.3 Å². The van der Waals surface area contributed by atoms with Gasteiger partial charge in [-0.2, -0.15) is 5.10 Å². The van der Waals surface area contributed by atoms with Crippen molar-refractivity contribution in [2.24, 2.45) is 5.10 Å². The van der Waals surface area contributed by atoms with Gasteiger partial charge in [0.2, 0.25) is 5.91 Å². The first-order chi connectivity index (χ1) is 14.2. The zero-order valence-corrected chi connectivity index (χ0v) is 17.4. The summed E-state index contributed by atoms with van der Waals surface area (Å²) in [6.07, 6.45) is 1.87. The van der Waals surface area contributed by atoms with Gasteiger partial charge in [0.15, 0.2) is 0 Å². The molecule has 0 bridgehead atoms. The molecule has 0 saturated heterocycles. The molecule has 3 rings (SSSR count). The summed E-state index contributed by atoms with van der Waals surface area (Å²) in [5, 5.41) is 12.2. The Labute approximate surface area is 179 Å². The quantitative estimate of drug-likeness (QED) is 0.303. The number of rotatable bonds is 10. The molecule has 1 amide bonds. The average Bonchev–Trinajstić information content (AvgIpc) is 3.16. The zero-order valence-electron chi connectivity index (χ0n) is 15.8. The standard InChI is InChI=1S/C20H22Cl2N6O/c21-10-13-27(14-11-22)17-7-5-16(6-8-17)15-23-25-20(29)9-12-28-19-4-2-1-3-18(19)24-26-28/h1-8,15H,9-14H2,(H,25,29)/b23-15+. The molecule has 1 heterocycles. The Morgan fingerprint density at radius 2 is 1.83 bits per heavy atom. The second-order valence-corrected chi connectivity index (χ2v) is 7.06. The largest absolute Gasteiger partial charge is 0.369 e. The Morgan fingerprint density at radius 1 is 1.10 bits per heavy atom. The molecule has 1 N–H and O–H groups in total. The number of alkyl halides is 2. The van der Waals surface area contributed by atoms with Gasteiger partial charge < -0.3 is 4.90 Å². The predicted octanol–water partition coefficient (Wildman–Crippen LogP) is 3.26. The van der Waals surface area contributed by atoms with Crippen LogP contribution in [0.25, 0.3) is 11.0 Å². The van der Waals surface area contributed by atoms with Crippen LogP contribution in [0.4, 0.5) is 5.69 Å². The van der Waals surface area contributed by atoms with Crippen LogP contribution in [0.15, 0.2) is 53.6 Å². The highest BCUT2D eigenvalue weighted by atomic mass is 35.5. The Balaban J connectivity index is 1.49. The minimum absolute atomic E-state index is 0.187. The summed E-state index contributed by atoms with van der Waals surface area (Å²) in [7, 11) is 0. The van der Waals surface area contributed by atoms with Crippen molar-refractivity contribution in [2.75, 3.05) is 29.7 Å². The molecule has 152 valence electrons. The predicted molar refractivity (Wildman–Crippen MR) is 118 cm³/mol. The lowest BCUT2D eigenvalue weighted by molar-refractivity contribution is -0.121. The molecule has 29 heavy (non-hydrogen) atoms. The lowest BCUT2D eigenvalue weighted by atomic mass is 10.2. The van der Waals surface area contributed by atoms with E-state index in [1.54, 1.807) is 10.9 Å². The number of hydrogen-bond acceptors (Lipinski definition) is 5. The molecular weight excluding hydrogens is 411 g/mol. The van der Waals surface area contributed by atoms with Crippen LogP contribution in [0.3, 0.4) is 0 Å². The van der Waals surface area contributed by atoms with Crippen molar-refractivity contribution in [3.05, 3.63) is 54.1 Å². The molecule has 7 nitrogen and oxygen atoms in total. The number of hydrogen-bond donors (Lipinski definition) is 1. The maximum atomic E-state index is 12.0. The second kappa shape index (κ2) is 10.8. The first-order valence-electron chi connectivity index (χ1n) is 9.28. The fourth-order valence-corrected chi connectivity index (χ4v) is 3.28. The van der Waals surface area contributed by atoms with Crippen LogP contribution in [-0.2, 0) is 11.3 Å². The summed E-state index contributed by atoms with van der Waals surface area (Å²) in [5.41, 5.74) is 6.19. The molecule has 0 fully saturated rings. The third-order valence-electron chi connectivity index (χ3n) is 4.34. The summed E-state index contributed by atoms with van der Waals surface area (Å²) in [5.74, 6) is 0.889. The lowest BCUT2D eigenvalue weighted by Gasteiger charge is -2.22. The third-order valence-corrected chi connectivity index (χ3v) is 4.68. The van der Waals surface area contributed by atoms with E-state index in [1.165, 1.54) is 0 Å². The Bertz CT molecular complexity index is 951. The first kappa shape index (κ1) is 21.1. The highest BCUT2D eigenvalue weighted by molar-refractivity contribution is 6.18. The monoisotopic (exact) mass is 432 g/mol. The molecule has 3 aromatic rings. The number of hydrazone groups is 1. The zero-order chi connectivity index (χ0) is 20.5. The Kier molecular flexibility index (Phi) is 7.84. The molecule has 1 aromatic heterocycles. The topological polar surface area (TPSA) is 75.4 Å². The van der Waals surface area contributed by atoms with E-state index in [2.05, 4.69) is 25.7 Å². The second-order valence-electron chi connectivity index (χ2n) is 6.30. The smallest absolute Gasteiger partial charge is 0.241 e. The average molecular weight is 433 g/mol. The Morgan fingerprint density at radius 3 is 2.55 bits per heavy atom. The summed E-state index contributed by atoms with van der Waals surface area (Å²) < 4.78 is 1.71. The third kappa shape index (κ3) is 5.92. The fraction of sp³-hybridized carbons (Fsp3) is 0.300. The number of nitrogens with zero attached hydrogens (tertiary/aromatic N) is 5. The van der Waals surface area contributed by atoms with Gasteiger partial charge in [-0.15, -0.1) is 28.3 Å². The van der Waals surface area contributed by atoms with Crippen LogP contribution in [-0.4, -0.2) is 52.0 Å². The van der Waals surface area contributed by atoms with Gasteiger partial charge in [0.05, 0.1) is 18.3 Å². The van der Waals surface area contributed by atoms with Crippen molar-refractivity contribution in [1.29, 1.82) is 0 Å². The maximum absolute atomic E-state index is 12.0. The SMILES string of the molecule is O=C(CCn1nnc2ccccc21)N/N=C/c1ccc(N(CCCl)CCCl)cc1. The van der Waals surface area contributed by atoms with Crippen LogP contribution in [0.5, 0.6) is 0 Å². The van der Waals surface area contributed by atoms with Crippen LogP contribution in [0, 0.1) is 0 Å². The number of benzene rings is 2. The van der Waals surface area contributed by atoms with Crippen molar-refractivity contribution in [1.82, 2.24) is 20.4 Å². The minimum Gasteiger partial charge on any atom is -0.369 e. The summed E-state index contributed by atoms with van der Waals surface area (Å²) in [4.78, 5) is 14.2. The van der Waals surface area contributed by atoms with Crippen molar-refractivity contribution in [2.45, 2.75) is 13.0 Å². The molecule has 0 aliphatic heterocycles. The van der Waals surface area contributed by atoms with Gasteiger partial charge >= 0.3 is 0 Å². The number of carbonyl (C=O) groups excluding carboxylic acids is 1. The van der Waals surface area contributed by atoms with Crippen molar-refractivity contribution >= 4 is 52.0 Å². The van der Waals surface area contributed by atoms with E-state index in [9.17, 15) is 4.79 Å².